The second-order valence-electron chi connectivity index (χ2n) is 6.99. The summed E-state index contributed by atoms with van der Waals surface area (Å²) >= 11 is 6.40. The Morgan fingerprint density at radius 2 is 1.33 bits per heavy atom. The number of rotatable bonds is 4. The minimum atomic E-state index is -0.171. The highest BCUT2D eigenvalue weighted by Crippen LogP contribution is 2.21. The van der Waals surface area contributed by atoms with E-state index in [1.165, 1.54) is 21.7 Å². The lowest BCUT2D eigenvalue weighted by Gasteiger charge is -2.13. The molecule has 0 amide bonds. The maximum Gasteiger partial charge on any atom is 0.108 e. The van der Waals surface area contributed by atoms with E-state index in [1.54, 1.807) is 0 Å². The van der Waals surface area contributed by atoms with Gasteiger partial charge in [0, 0.05) is 18.1 Å². The van der Waals surface area contributed by atoms with Crippen molar-refractivity contribution in [2.24, 2.45) is 0 Å². The van der Waals surface area contributed by atoms with E-state index in [4.69, 9.17) is 11.6 Å². The third-order valence-corrected chi connectivity index (χ3v) is 5.36. The Bertz CT molecular complexity index is 1150. The van der Waals surface area contributed by atoms with Crippen molar-refractivity contribution in [1.82, 2.24) is 10.3 Å². The van der Waals surface area contributed by atoms with Crippen LogP contribution in [0.4, 0.5) is 0 Å². The van der Waals surface area contributed by atoms with Crippen molar-refractivity contribution in [2.75, 3.05) is 0 Å². The van der Waals surface area contributed by atoms with Gasteiger partial charge in [-0.1, -0.05) is 97.1 Å². The lowest BCUT2D eigenvalue weighted by atomic mass is 10.0. The number of nitrogens with zero attached hydrogens (tertiary/aromatic N) is 1. The van der Waals surface area contributed by atoms with Crippen molar-refractivity contribution >= 4 is 33.3 Å². The molecule has 1 heterocycles. The van der Waals surface area contributed by atoms with Crippen LogP contribution in [0.5, 0.6) is 0 Å². The molecule has 5 rings (SSSR count). The largest absolute Gasteiger partial charge is 0.293 e. The number of fused-ring (bicyclic) bond motifs is 2. The molecule has 4 aromatic carbocycles. The van der Waals surface area contributed by atoms with Crippen molar-refractivity contribution in [3.8, 4) is 0 Å². The zero-order valence-corrected chi connectivity index (χ0v) is 17.3. The molecule has 0 bridgehead atoms. The molecule has 5 aromatic rings. The van der Waals surface area contributed by atoms with E-state index in [0.29, 0.717) is 0 Å². The molecule has 2 nitrogen and oxygen atoms in total. The Labute approximate surface area is 182 Å². The van der Waals surface area contributed by atoms with Gasteiger partial charge in [0.05, 0.1) is 5.52 Å². The van der Waals surface area contributed by atoms with E-state index in [9.17, 15) is 0 Å². The molecule has 0 fully saturated rings. The zero-order valence-electron chi connectivity index (χ0n) is 16.6. The third-order valence-electron chi connectivity index (χ3n) is 4.96. The fourth-order valence-corrected chi connectivity index (χ4v) is 3.62. The molecule has 1 unspecified atom stereocenters. The highest BCUT2D eigenvalue weighted by Gasteiger charge is 2.07. The first-order chi connectivity index (χ1) is 14.8. The van der Waals surface area contributed by atoms with Crippen LogP contribution in [0.2, 0.25) is 0 Å². The smallest absolute Gasteiger partial charge is 0.108 e. The van der Waals surface area contributed by atoms with Crippen molar-refractivity contribution in [3.05, 3.63) is 127 Å². The summed E-state index contributed by atoms with van der Waals surface area (Å²) in [6.45, 7) is 0.754. The van der Waals surface area contributed by atoms with Crippen LogP contribution in [0.25, 0.3) is 21.7 Å². The Morgan fingerprint density at radius 1 is 0.667 bits per heavy atom. The molecule has 30 heavy (non-hydrogen) atoms. The Hall–Kier alpha value is -3.20. The lowest BCUT2D eigenvalue weighted by Crippen LogP contribution is -2.16. The molecule has 1 atom stereocenters. The van der Waals surface area contributed by atoms with Crippen LogP contribution in [-0.4, -0.2) is 4.98 Å². The first-order valence-corrected chi connectivity index (χ1v) is 10.4. The van der Waals surface area contributed by atoms with Crippen LogP contribution >= 0.6 is 11.6 Å². The molecule has 1 N–H and O–H groups in total. The summed E-state index contributed by atoms with van der Waals surface area (Å²) in [4.78, 5) is 4.18. The summed E-state index contributed by atoms with van der Waals surface area (Å²) in [5, 5.41) is 7.11. The minimum absolute atomic E-state index is 0.171. The number of para-hydroxylation sites is 1. The van der Waals surface area contributed by atoms with Crippen molar-refractivity contribution < 1.29 is 0 Å². The first kappa shape index (κ1) is 20.1. The highest BCUT2D eigenvalue weighted by molar-refractivity contribution is 6.20. The Balaban J connectivity index is 0.000000181. The molecule has 0 saturated heterocycles. The fraction of sp³-hybridized carbons (Fsp3) is 0.0741. The monoisotopic (exact) mass is 410 g/mol. The molecular formula is C27H23ClN2. The van der Waals surface area contributed by atoms with Crippen molar-refractivity contribution in [2.45, 2.75) is 12.0 Å². The zero-order chi connectivity index (χ0) is 20.6. The molecule has 0 radical (unpaired) electrons. The summed E-state index contributed by atoms with van der Waals surface area (Å²) in [6, 6.07) is 36.9. The number of aromatic nitrogens is 1. The number of alkyl halides is 1. The van der Waals surface area contributed by atoms with Gasteiger partial charge in [-0.25, -0.2) is 0 Å². The van der Waals surface area contributed by atoms with Crippen LogP contribution in [0.15, 0.2) is 115 Å². The first-order valence-electron chi connectivity index (χ1n) is 10.00. The summed E-state index contributed by atoms with van der Waals surface area (Å²) in [5.74, 6) is 0. The minimum Gasteiger partial charge on any atom is -0.293 e. The van der Waals surface area contributed by atoms with Crippen LogP contribution in [0, 0.1) is 0 Å². The van der Waals surface area contributed by atoms with E-state index in [2.05, 4.69) is 64.9 Å². The van der Waals surface area contributed by atoms with Gasteiger partial charge in [0.2, 0.25) is 0 Å². The number of pyridine rings is 1. The highest BCUT2D eigenvalue weighted by atomic mass is 35.5. The summed E-state index contributed by atoms with van der Waals surface area (Å²) in [6.07, 6.45) is 1.81. The van der Waals surface area contributed by atoms with Gasteiger partial charge >= 0.3 is 0 Å². The summed E-state index contributed by atoms with van der Waals surface area (Å²) in [7, 11) is 0. The van der Waals surface area contributed by atoms with Gasteiger partial charge in [0.1, 0.15) is 5.50 Å². The van der Waals surface area contributed by atoms with Crippen LogP contribution in [0.1, 0.15) is 16.6 Å². The molecular weight excluding hydrogens is 388 g/mol. The molecule has 0 spiro atoms. The van der Waals surface area contributed by atoms with Crippen molar-refractivity contribution in [3.63, 3.8) is 0 Å². The normalized spacial score (nSPS) is 11.6. The number of nitrogens with one attached hydrogen (secondary N) is 1. The van der Waals surface area contributed by atoms with E-state index in [-0.39, 0.29) is 5.50 Å². The van der Waals surface area contributed by atoms with E-state index >= 15 is 0 Å². The standard InChI is InChI=1S/C18H16ClN.C9H7N/c19-18(15-8-2-1-3-9-15)20-13-16-11-6-10-14-7-4-5-12-17(14)16;1-2-6-9-8(4-1)5-3-7-10-9/h1-12,18,20H,13H2;1-7H. The molecule has 0 saturated carbocycles. The number of hydrogen-bond donors (Lipinski definition) is 1. The Kier molecular flexibility index (Phi) is 6.71. The molecule has 148 valence electrons. The molecule has 0 aliphatic rings. The van der Waals surface area contributed by atoms with Gasteiger partial charge in [-0.05, 0) is 34.0 Å². The van der Waals surface area contributed by atoms with Gasteiger partial charge < -0.3 is 0 Å². The van der Waals surface area contributed by atoms with Gasteiger partial charge in [0.25, 0.3) is 0 Å². The topological polar surface area (TPSA) is 24.9 Å². The quantitative estimate of drug-likeness (QED) is 0.252. The average Bonchev–Trinajstić information content (AvgIpc) is 2.83. The Morgan fingerprint density at radius 3 is 2.17 bits per heavy atom. The van der Waals surface area contributed by atoms with Crippen molar-refractivity contribution in [1.29, 1.82) is 0 Å². The molecule has 0 aliphatic heterocycles. The third kappa shape index (κ3) is 5.04. The fourth-order valence-electron chi connectivity index (χ4n) is 3.40. The predicted octanol–water partition coefficient (Wildman–Crippen LogP) is 7.10. The molecule has 0 aliphatic carbocycles. The summed E-state index contributed by atoms with van der Waals surface area (Å²) < 4.78 is 0. The van der Waals surface area contributed by atoms with Gasteiger partial charge in [-0.2, -0.15) is 0 Å². The number of halogens is 1. The average molecular weight is 411 g/mol. The second kappa shape index (κ2) is 10.0. The number of benzene rings is 4. The maximum atomic E-state index is 6.40. The van der Waals surface area contributed by atoms with Gasteiger partial charge in [0.15, 0.2) is 0 Å². The molecule has 3 heteroatoms. The van der Waals surface area contributed by atoms with Crippen LogP contribution < -0.4 is 5.32 Å². The predicted molar refractivity (Wildman–Crippen MR) is 128 cm³/mol. The second-order valence-corrected chi connectivity index (χ2v) is 7.42. The van der Waals surface area contributed by atoms with Gasteiger partial charge in [-0.3, -0.25) is 10.3 Å². The lowest BCUT2D eigenvalue weighted by molar-refractivity contribution is 0.672. The maximum absolute atomic E-state index is 6.40. The van der Waals surface area contributed by atoms with Crippen LogP contribution in [0.3, 0.4) is 0 Å². The van der Waals surface area contributed by atoms with E-state index < -0.39 is 0 Å². The SMILES string of the molecule is ClC(NCc1cccc2ccccc12)c1ccccc1.c1ccc2ncccc2c1. The van der Waals surface area contributed by atoms with E-state index in [0.717, 1.165) is 17.6 Å². The number of hydrogen-bond acceptors (Lipinski definition) is 2. The van der Waals surface area contributed by atoms with Crippen LogP contribution in [-0.2, 0) is 6.54 Å². The van der Waals surface area contributed by atoms with Gasteiger partial charge in [-0.15, -0.1) is 11.6 Å². The summed E-state index contributed by atoms with van der Waals surface area (Å²) in [5.41, 5.74) is 3.25. The van der Waals surface area contributed by atoms with E-state index in [1.807, 2.05) is 60.8 Å². The molecule has 1 aromatic heterocycles.